The zero-order valence-corrected chi connectivity index (χ0v) is 18.6. The lowest BCUT2D eigenvalue weighted by Crippen LogP contribution is -2.37. The van der Waals surface area contributed by atoms with Crippen LogP contribution in [0.2, 0.25) is 0 Å². The third-order valence-corrected chi connectivity index (χ3v) is 6.55. The molecule has 0 unspecified atom stereocenters. The van der Waals surface area contributed by atoms with Gasteiger partial charge in [-0.3, -0.25) is 14.9 Å². The maximum Gasteiger partial charge on any atom is 0.326 e. The van der Waals surface area contributed by atoms with Crippen LogP contribution in [0, 0.1) is 15.9 Å². The highest BCUT2D eigenvalue weighted by Gasteiger charge is 2.33. The first kappa shape index (κ1) is 22.3. The van der Waals surface area contributed by atoms with Crippen molar-refractivity contribution in [3.05, 3.63) is 63.4 Å². The Hall–Kier alpha value is -4.46. The van der Waals surface area contributed by atoms with Crippen molar-refractivity contribution in [3.63, 3.8) is 0 Å². The van der Waals surface area contributed by atoms with Crippen molar-refractivity contribution >= 4 is 51.0 Å². The lowest BCUT2D eigenvalue weighted by atomic mass is 10.2. The molecule has 178 valence electrons. The molecular weight excluding hydrogens is 481 g/mol. The molecule has 0 spiro atoms. The van der Waals surface area contributed by atoms with Crippen LogP contribution in [0.4, 0.5) is 21.2 Å². The number of halogens is 1. The number of nitro groups is 1. The number of aromatic nitrogens is 4. The molecule has 0 radical (unpaired) electrons. The van der Waals surface area contributed by atoms with E-state index in [1.807, 2.05) is 0 Å². The van der Waals surface area contributed by atoms with Gasteiger partial charge in [-0.1, -0.05) is 11.3 Å². The minimum atomic E-state index is -1.02. The monoisotopic (exact) mass is 497 g/mol. The Balaban J connectivity index is 1.61. The Bertz CT molecular complexity index is 1470. The normalized spacial score (nSPS) is 15.5. The lowest BCUT2D eigenvalue weighted by molar-refractivity contribution is -0.380. The number of anilines is 2. The molecule has 4 heterocycles. The first-order valence-corrected chi connectivity index (χ1v) is 11.2. The maximum absolute atomic E-state index is 13.4. The van der Waals surface area contributed by atoms with Gasteiger partial charge in [0.25, 0.3) is 5.91 Å². The van der Waals surface area contributed by atoms with Crippen LogP contribution in [-0.4, -0.2) is 54.2 Å². The fourth-order valence-corrected chi connectivity index (χ4v) is 4.59. The Labute approximate surface area is 199 Å². The van der Waals surface area contributed by atoms with Crippen LogP contribution in [0.15, 0.2) is 42.6 Å². The van der Waals surface area contributed by atoms with Crippen LogP contribution in [0.3, 0.4) is 0 Å². The maximum atomic E-state index is 13.4. The summed E-state index contributed by atoms with van der Waals surface area (Å²) >= 11 is 0.712. The molecular formula is C21H16FN7O5S. The first-order chi connectivity index (χ1) is 16.8. The van der Waals surface area contributed by atoms with Crippen LogP contribution in [-0.2, 0) is 4.79 Å². The molecule has 5 rings (SSSR count). The SMILES string of the molecule is O=C(Nc1nc(N2CCC[C@H]2C(=O)O)nc2c1cnn2-c1ccc(F)cc1)c1ccc([N+](=O)[O-])s1. The predicted octanol–water partition coefficient (Wildman–Crippen LogP) is 3.23. The topological polar surface area (TPSA) is 156 Å². The highest BCUT2D eigenvalue weighted by Crippen LogP contribution is 2.31. The fraction of sp³-hybridized carbons (Fsp3) is 0.190. The predicted molar refractivity (Wildman–Crippen MR) is 124 cm³/mol. The van der Waals surface area contributed by atoms with Gasteiger partial charge in [0, 0.05) is 12.6 Å². The van der Waals surface area contributed by atoms with Crippen molar-refractivity contribution in [3.8, 4) is 5.69 Å². The Morgan fingerprint density at radius 2 is 1.97 bits per heavy atom. The van der Waals surface area contributed by atoms with E-state index in [1.165, 1.54) is 52.2 Å². The van der Waals surface area contributed by atoms with Gasteiger partial charge in [-0.05, 0) is 43.2 Å². The van der Waals surface area contributed by atoms with Crippen molar-refractivity contribution in [2.45, 2.75) is 18.9 Å². The Morgan fingerprint density at radius 1 is 1.20 bits per heavy atom. The van der Waals surface area contributed by atoms with Crippen molar-refractivity contribution in [2.24, 2.45) is 0 Å². The first-order valence-electron chi connectivity index (χ1n) is 10.4. The summed E-state index contributed by atoms with van der Waals surface area (Å²) in [5, 5.41) is 27.7. The van der Waals surface area contributed by atoms with E-state index in [0.717, 1.165) is 0 Å². The zero-order valence-electron chi connectivity index (χ0n) is 17.8. The molecule has 1 aromatic carbocycles. The van der Waals surface area contributed by atoms with E-state index in [9.17, 15) is 29.2 Å². The number of carboxylic acid groups (broad SMARTS) is 1. The smallest absolute Gasteiger partial charge is 0.326 e. The van der Waals surface area contributed by atoms with E-state index >= 15 is 0 Å². The molecule has 3 aromatic heterocycles. The highest BCUT2D eigenvalue weighted by atomic mass is 32.1. The fourth-order valence-electron chi connectivity index (χ4n) is 3.87. The molecule has 1 fully saturated rings. The summed E-state index contributed by atoms with van der Waals surface area (Å²) in [6.07, 6.45) is 2.46. The van der Waals surface area contributed by atoms with Crippen LogP contribution in [0.25, 0.3) is 16.7 Å². The number of carbonyl (C=O) groups is 2. The molecule has 1 saturated heterocycles. The summed E-state index contributed by atoms with van der Waals surface area (Å²) in [6.45, 7) is 0.400. The molecule has 1 amide bonds. The number of amides is 1. The molecule has 0 aliphatic carbocycles. The van der Waals surface area contributed by atoms with Crippen molar-refractivity contribution in [2.75, 3.05) is 16.8 Å². The summed E-state index contributed by atoms with van der Waals surface area (Å²) in [5.41, 5.74) is 0.763. The van der Waals surface area contributed by atoms with Gasteiger partial charge < -0.3 is 15.3 Å². The van der Waals surface area contributed by atoms with Crippen LogP contribution in [0.1, 0.15) is 22.5 Å². The average molecular weight is 497 g/mol. The second kappa shape index (κ2) is 8.72. The number of nitrogens with zero attached hydrogens (tertiary/aromatic N) is 6. The molecule has 2 N–H and O–H groups in total. The number of thiophene rings is 1. The van der Waals surface area contributed by atoms with Gasteiger partial charge in [-0.15, -0.1) is 0 Å². The zero-order chi connectivity index (χ0) is 24.7. The number of benzene rings is 1. The largest absolute Gasteiger partial charge is 0.480 e. The van der Waals surface area contributed by atoms with Crippen molar-refractivity contribution in [1.82, 2.24) is 19.7 Å². The minimum Gasteiger partial charge on any atom is -0.480 e. The molecule has 1 aliphatic rings. The highest BCUT2D eigenvalue weighted by molar-refractivity contribution is 7.17. The number of rotatable bonds is 6. The van der Waals surface area contributed by atoms with Crippen molar-refractivity contribution < 1.29 is 24.0 Å². The van der Waals surface area contributed by atoms with Crippen LogP contribution in [0.5, 0.6) is 0 Å². The third-order valence-electron chi connectivity index (χ3n) is 5.51. The molecule has 0 saturated carbocycles. The van der Waals surface area contributed by atoms with E-state index in [4.69, 9.17) is 0 Å². The number of fused-ring (bicyclic) bond motifs is 1. The van der Waals surface area contributed by atoms with Gasteiger partial charge in [-0.2, -0.15) is 15.1 Å². The van der Waals surface area contributed by atoms with Gasteiger partial charge in [0.05, 0.1) is 27.1 Å². The molecule has 1 atom stereocenters. The molecule has 12 nitrogen and oxygen atoms in total. The molecule has 4 aromatic rings. The molecule has 1 aliphatic heterocycles. The molecule has 35 heavy (non-hydrogen) atoms. The van der Waals surface area contributed by atoms with E-state index in [2.05, 4.69) is 20.4 Å². The Kier molecular flexibility index (Phi) is 5.56. The second-order valence-corrected chi connectivity index (χ2v) is 8.74. The van der Waals surface area contributed by atoms with E-state index in [1.54, 1.807) is 0 Å². The minimum absolute atomic E-state index is 0.0652. The summed E-state index contributed by atoms with van der Waals surface area (Å²) in [4.78, 5) is 45.6. The lowest BCUT2D eigenvalue weighted by Gasteiger charge is -2.22. The van der Waals surface area contributed by atoms with Crippen LogP contribution >= 0.6 is 11.3 Å². The molecule has 14 heteroatoms. The number of hydrogen-bond acceptors (Lipinski definition) is 9. The number of carbonyl (C=O) groups excluding carboxylic acids is 1. The Morgan fingerprint density at radius 3 is 2.66 bits per heavy atom. The van der Waals surface area contributed by atoms with Gasteiger partial charge in [0.15, 0.2) is 5.65 Å². The molecule has 0 bridgehead atoms. The number of nitrogens with one attached hydrogen (secondary N) is 1. The summed E-state index contributed by atoms with van der Waals surface area (Å²) in [7, 11) is 0. The van der Waals surface area contributed by atoms with Gasteiger partial charge in [-0.25, -0.2) is 13.9 Å². The van der Waals surface area contributed by atoms with E-state index in [-0.39, 0.29) is 27.3 Å². The number of aliphatic carboxylic acids is 1. The number of carboxylic acids is 1. The summed E-state index contributed by atoms with van der Waals surface area (Å²) in [5.74, 6) is -1.93. The van der Waals surface area contributed by atoms with E-state index < -0.39 is 28.7 Å². The standard InChI is InChI=1S/C21H16FN7O5S/c22-11-3-5-12(6-4-11)28-18-13(10-23-28)17(24-19(30)15-7-8-16(35-15)29(33)34)25-21(26-18)27-9-1-2-14(27)20(31)32/h3-8,10,14H,1-2,9H2,(H,31,32)(H,24,25,26,30)/t14-/m0/s1. The van der Waals surface area contributed by atoms with Crippen molar-refractivity contribution in [1.29, 1.82) is 0 Å². The summed E-state index contributed by atoms with van der Waals surface area (Å²) in [6, 6.07) is 7.26. The number of hydrogen-bond donors (Lipinski definition) is 2. The van der Waals surface area contributed by atoms with Gasteiger partial charge >= 0.3 is 11.0 Å². The van der Waals surface area contributed by atoms with E-state index in [0.29, 0.717) is 41.8 Å². The quantitative estimate of drug-likeness (QED) is 0.301. The third kappa shape index (κ3) is 4.14. The van der Waals surface area contributed by atoms with Gasteiger partial charge in [0.2, 0.25) is 5.95 Å². The van der Waals surface area contributed by atoms with Crippen LogP contribution < -0.4 is 10.2 Å². The van der Waals surface area contributed by atoms with Gasteiger partial charge in [0.1, 0.15) is 17.7 Å². The second-order valence-electron chi connectivity index (χ2n) is 7.68. The summed E-state index contributed by atoms with van der Waals surface area (Å²) < 4.78 is 14.9. The average Bonchev–Trinajstić information content (AvgIpc) is 3.58.